The summed E-state index contributed by atoms with van der Waals surface area (Å²) in [6, 6.07) is 23.9. The van der Waals surface area contributed by atoms with Gasteiger partial charge in [-0.25, -0.2) is 46.1 Å². The lowest BCUT2D eigenvalue weighted by molar-refractivity contribution is 0.00559. The molecule has 0 spiro atoms. The molecule has 7 N–H and O–H groups in total. The largest absolute Gasteiger partial charge is 0.456 e. The van der Waals surface area contributed by atoms with Crippen molar-refractivity contribution >= 4 is 64.1 Å². The van der Waals surface area contributed by atoms with E-state index in [1.54, 1.807) is 63.2 Å². The number of esters is 2. The van der Waals surface area contributed by atoms with Crippen molar-refractivity contribution in [2.45, 2.75) is 117 Å². The molecule has 21 nitrogen and oxygen atoms in total. The second-order valence-electron chi connectivity index (χ2n) is 24.1. The van der Waals surface area contributed by atoms with Gasteiger partial charge >= 0.3 is 11.9 Å². The molecule has 5 amide bonds. The topological polar surface area (TPSA) is 284 Å². The van der Waals surface area contributed by atoms with E-state index in [0.717, 1.165) is 57.6 Å². The summed E-state index contributed by atoms with van der Waals surface area (Å²) in [6.07, 6.45) is 5.10. The number of carbonyl (C=O) groups is 7. The smallest absolute Gasteiger partial charge is 0.338 e. The molecule has 0 saturated carbocycles. The number of carbonyl (C=O) groups excluding carboxylic acids is 7. The number of halogens is 4. The van der Waals surface area contributed by atoms with E-state index in [9.17, 15) is 51.1 Å². The number of anilines is 2. The third kappa shape index (κ3) is 14.1. The molecular formula is C67H64F4N12O9. The van der Waals surface area contributed by atoms with E-state index in [1.807, 2.05) is 46.8 Å². The van der Waals surface area contributed by atoms with Crippen LogP contribution in [0.5, 0.6) is 0 Å². The molecule has 0 saturated heterocycles. The highest BCUT2D eigenvalue weighted by atomic mass is 19.2. The highest BCUT2D eigenvalue weighted by molar-refractivity contribution is 6.07. The Kier molecular flexibility index (Phi) is 18.1. The van der Waals surface area contributed by atoms with Gasteiger partial charge in [-0.1, -0.05) is 42.5 Å². The van der Waals surface area contributed by atoms with Crippen LogP contribution in [0.15, 0.2) is 116 Å². The molecule has 9 aromatic rings. The van der Waals surface area contributed by atoms with E-state index in [-0.39, 0.29) is 64.6 Å². The van der Waals surface area contributed by atoms with Crippen molar-refractivity contribution in [3.05, 3.63) is 223 Å². The minimum atomic E-state index is -1.06. The number of ether oxygens (including phenoxy) is 2. The minimum Gasteiger partial charge on any atom is -0.456 e. The van der Waals surface area contributed by atoms with Crippen LogP contribution in [0.3, 0.4) is 0 Å². The van der Waals surface area contributed by atoms with Gasteiger partial charge in [-0.2, -0.15) is 10.2 Å². The molecule has 0 aliphatic heterocycles. The molecule has 5 aromatic carbocycles. The van der Waals surface area contributed by atoms with Crippen molar-refractivity contribution in [2.75, 3.05) is 11.1 Å². The maximum absolute atomic E-state index is 13.9. The number of nitrogens with two attached hydrogens (primary N) is 1. The van der Waals surface area contributed by atoms with Gasteiger partial charge in [0.25, 0.3) is 29.5 Å². The molecule has 2 atom stereocenters. The molecule has 2 aliphatic rings. The minimum absolute atomic E-state index is 0.0320. The molecule has 25 heteroatoms. The Morgan fingerprint density at radius 2 is 0.989 bits per heavy atom. The number of hydrogen-bond donors (Lipinski definition) is 6. The Morgan fingerprint density at radius 3 is 1.45 bits per heavy atom. The lowest BCUT2D eigenvalue weighted by atomic mass is 9.97. The quantitative estimate of drug-likeness (QED) is 0.0436. The first-order valence-corrected chi connectivity index (χ1v) is 29.3. The van der Waals surface area contributed by atoms with Gasteiger partial charge in [0.15, 0.2) is 34.6 Å². The molecule has 0 bridgehead atoms. The molecule has 92 heavy (non-hydrogen) atoms. The molecule has 474 valence electrons. The maximum Gasteiger partial charge on any atom is 0.338 e. The summed E-state index contributed by atoms with van der Waals surface area (Å²) in [6.45, 7) is 14.3. The highest BCUT2D eigenvalue weighted by Gasteiger charge is 2.33. The van der Waals surface area contributed by atoms with Crippen LogP contribution in [-0.4, -0.2) is 81.9 Å². The third-order valence-electron chi connectivity index (χ3n) is 15.3. The average Bonchev–Trinajstić information content (AvgIpc) is 1.60. The zero-order valence-corrected chi connectivity index (χ0v) is 51.3. The van der Waals surface area contributed by atoms with Gasteiger partial charge in [0.2, 0.25) is 0 Å². The first-order valence-electron chi connectivity index (χ1n) is 29.3. The summed E-state index contributed by atoms with van der Waals surface area (Å²) >= 11 is 0. The number of nitrogens with one attached hydrogen (secondary N) is 5. The molecule has 2 aliphatic carbocycles. The normalized spacial score (nSPS) is 14.1. The number of fused-ring (bicyclic) bond motifs is 4. The van der Waals surface area contributed by atoms with Crippen LogP contribution in [-0.2, 0) is 35.4 Å². The number of rotatable bonds is 14. The molecule has 0 radical (unpaired) electrons. The Morgan fingerprint density at radius 1 is 0.543 bits per heavy atom. The molecule has 0 fully saturated rings. The van der Waals surface area contributed by atoms with Crippen molar-refractivity contribution in [1.29, 1.82) is 0 Å². The van der Waals surface area contributed by atoms with E-state index in [0.29, 0.717) is 53.5 Å². The Balaban J connectivity index is 0.000000205. The Labute approximate surface area is 524 Å². The maximum atomic E-state index is 13.9. The second-order valence-corrected chi connectivity index (χ2v) is 24.1. The molecular weight excluding hydrogens is 1190 g/mol. The van der Waals surface area contributed by atoms with Crippen LogP contribution in [0.25, 0.3) is 11.3 Å². The number of nitrogen functional groups attached to an aromatic ring is 1. The van der Waals surface area contributed by atoms with Crippen LogP contribution < -0.4 is 32.3 Å². The molecule has 4 aromatic heterocycles. The van der Waals surface area contributed by atoms with Crippen LogP contribution in [0.2, 0.25) is 0 Å². The lowest BCUT2D eigenvalue weighted by Crippen LogP contribution is -2.31. The number of aromatic nitrogens is 6. The third-order valence-corrected chi connectivity index (χ3v) is 15.3. The summed E-state index contributed by atoms with van der Waals surface area (Å²) in [5.41, 5.74) is 12.1. The average molecular weight is 1260 g/mol. The van der Waals surface area contributed by atoms with Crippen LogP contribution in [0.4, 0.5) is 28.9 Å². The molecule has 11 rings (SSSR count). The summed E-state index contributed by atoms with van der Waals surface area (Å²) in [5.74, 6) is -7.80. The van der Waals surface area contributed by atoms with Crippen LogP contribution >= 0.6 is 0 Å². The summed E-state index contributed by atoms with van der Waals surface area (Å²) in [5, 5.41) is 22.5. The van der Waals surface area contributed by atoms with E-state index in [4.69, 9.17) is 15.2 Å². The van der Waals surface area contributed by atoms with E-state index >= 15 is 0 Å². The Bertz CT molecular complexity index is 4460. The fourth-order valence-electron chi connectivity index (χ4n) is 10.8. The van der Waals surface area contributed by atoms with Crippen molar-refractivity contribution < 1.29 is 60.6 Å². The number of nitrogens with zero attached hydrogens (tertiary/aromatic N) is 6. The monoisotopic (exact) mass is 1260 g/mol. The first kappa shape index (κ1) is 64.1. The molecule has 4 heterocycles. The Hall–Kier alpha value is -10.9. The van der Waals surface area contributed by atoms with Gasteiger partial charge in [-0.3, -0.25) is 24.0 Å². The standard InChI is InChI=1S/C37H34F2N6O5.C30H30F2N6O4/c1-20-23-13-15-28(25(23)12-11-24(20)36(49)50-37(2,3)4)43-35(48)31-17-29(34(47)40-18-21-10-14-26(38)27(39)16-21)42-32-30(19-41-45(31)32)44-33(46)22-8-6-5-7-9-22;1-15-17-8-10-23(19(17)7-6-18(15)29(41)42-30(2,3)4)37-28(40)25-12-24(36-26-22(33)14-35-38(25)26)27(39)34-13-16-5-9-20(31)21(32)11-16/h5-12,14,16-17,19,28H,13,15,18H2,1-4H3,(H,40,47)(H,43,48)(H,44,46);5-7,9,11-12,14,23H,8,10,13,33H2,1-4H3,(H,34,39)(H,37,40)/t28-;23-/m00/s1. The first-order chi connectivity index (χ1) is 43.6. The summed E-state index contributed by atoms with van der Waals surface area (Å²) in [7, 11) is 0. The number of amides is 5. The van der Waals surface area contributed by atoms with Gasteiger partial charge < -0.3 is 41.8 Å². The van der Waals surface area contributed by atoms with Gasteiger partial charge in [0, 0.05) is 30.8 Å². The van der Waals surface area contributed by atoms with Crippen molar-refractivity contribution in [1.82, 2.24) is 50.5 Å². The lowest BCUT2D eigenvalue weighted by Gasteiger charge is -2.21. The van der Waals surface area contributed by atoms with Crippen molar-refractivity contribution in [2.24, 2.45) is 0 Å². The second kappa shape index (κ2) is 25.9. The van der Waals surface area contributed by atoms with E-state index < -0.39 is 82.0 Å². The van der Waals surface area contributed by atoms with Gasteiger partial charge in [0.1, 0.15) is 39.7 Å². The predicted molar refractivity (Wildman–Crippen MR) is 330 cm³/mol. The summed E-state index contributed by atoms with van der Waals surface area (Å²) < 4.78 is 67.6. The SMILES string of the molecule is Cc1c(C(=O)OC(C)(C)C)ccc2c1CC[C@@H]2NC(=O)c1cc(C(=O)NCc2ccc(F)c(F)c2)nc2c(N)cnn12.Cc1c(C(=O)OC(C)(C)C)ccc2c1CC[C@@H]2NC(=O)c1cc(C(=O)NCc2ccc(F)c(F)c2)nc2c(NC(=O)c3ccccc3)cnn12. The van der Waals surface area contributed by atoms with Gasteiger partial charge in [-0.15, -0.1) is 0 Å². The van der Waals surface area contributed by atoms with Crippen LogP contribution in [0, 0.1) is 37.1 Å². The zero-order chi connectivity index (χ0) is 66.1. The van der Waals surface area contributed by atoms with Crippen molar-refractivity contribution in [3.63, 3.8) is 0 Å². The van der Waals surface area contributed by atoms with Gasteiger partial charge in [0.05, 0.1) is 41.3 Å². The highest BCUT2D eigenvalue weighted by Crippen LogP contribution is 2.37. The number of benzene rings is 5. The summed E-state index contributed by atoms with van der Waals surface area (Å²) in [4.78, 5) is 101. The fourth-order valence-corrected chi connectivity index (χ4v) is 10.8. The van der Waals surface area contributed by atoms with Crippen molar-refractivity contribution in [3.8, 4) is 0 Å². The zero-order valence-electron chi connectivity index (χ0n) is 51.3. The van der Waals surface area contributed by atoms with Gasteiger partial charge in [-0.05, 0) is 174 Å². The number of hydrogen-bond acceptors (Lipinski definition) is 14. The van der Waals surface area contributed by atoms with E-state index in [1.165, 1.54) is 45.7 Å². The fraction of sp³-hybridized carbons (Fsp3) is 0.269. The van der Waals surface area contributed by atoms with E-state index in [2.05, 4.69) is 46.7 Å². The predicted octanol–water partition coefficient (Wildman–Crippen LogP) is 10.1. The molecule has 0 unspecified atom stereocenters. The van der Waals surface area contributed by atoms with Crippen LogP contribution in [0.1, 0.15) is 184 Å².